The number of nitrogens with one attached hydrogen (secondary N) is 1. The van der Waals surface area contributed by atoms with Crippen LogP contribution in [0.5, 0.6) is 5.75 Å². The summed E-state index contributed by atoms with van der Waals surface area (Å²) in [5.41, 5.74) is 1.87. The van der Waals surface area contributed by atoms with Crippen molar-refractivity contribution in [2.24, 2.45) is 0 Å². The van der Waals surface area contributed by atoms with Gasteiger partial charge in [-0.1, -0.05) is 0 Å². The highest BCUT2D eigenvalue weighted by Crippen LogP contribution is 2.41. The van der Waals surface area contributed by atoms with E-state index in [4.69, 9.17) is 14.2 Å². The molecule has 0 aromatic heterocycles. The minimum absolute atomic E-state index is 0.0860. The van der Waals surface area contributed by atoms with E-state index in [1.807, 2.05) is 32.9 Å². The van der Waals surface area contributed by atoms with Gasteiger partial charge in [0.05, 0.1) is 31.0 Å². The molecule has 0 aliphatic carbocycles. The Morgan fingerprint density at radius 3 is 2.70 bits per heavy atom. The Labute approximate surface area is 233 Å². The van der Waals surface area contributed by atoms with Crippen molar-refractivity contribution in [3.63, 3.8) is 0 Å². The number of amides is 4. The molecule has 3 saturated heterocycles. The second-order valence-corrected chi connectivity index (χ2v) is 12.2. The zero-order chi connectivity index (χ0) is 28.2. The maximum absolute atomic E-state index is 13.2. The molecule has 12 heteroatoms. The van der Waals surface area contributed by atoms with Crippen LogP contribution in [0, 0.1) is 0 Å². The smallest absolute Gasteiger partial charge is 0.410 e. The van der Waals surface area contributed by atoms with Gasteiger partial charge in [-0.2, -0.15) is 0 Å². The number of rotatable bonds is 3. The quantitative estimate of drug-likeness (QED) is 0.544. The number of hydrogen-bond acceptors (Lipinski definition) is 9. The van der Waals surface area contributed by atoms with Crippen LogP contribution < -0.4 is 15.0 Å². The van der Waals surface area contributed by atoms with E-state index in [0.717, 1.165) is 37.4 Å². The summed E-state index contributed by atoms with van der Waals surface area (Å²) in [5, 5.41) is 2.35. The first-order chi connectivity index (χ1) is 19.1. The molecule has 6 rings (SSSR count). The van der Waals surface area contributed by atoms with E-state index in [9.17, 15) is 19.2 Å². The molecule has 1 aromatic carbocycles. The molecule has 216 valence electrons. The standard InChI is InChI=1S/C28H37N5O7/c1-28(2,3)40-27(37)31-8-9-38-19(15-31)14-30-6-7-32-18(13-30)16-39-23-11-20-17(10-22(23)32)12-33(26(20)36)21-4-5-24(34)29-25(21)35/h10-11,18-19,21H,4-9,12-16H2,1-3H3,(H,29,34,35)/t18-,19+,21?/m0/s1. The molecule has 5 aliphatic rings. The molecule has 12 nitrogen and oxygen atoms in total. The van der Waals surface area contributed by atoms with E-state index in [1.165, 1.54) is 0 Å². The number of piperidine rings is 1. The van der Waals surface area contributed by atoms with Crippen LogP contribution >= 0.6 is 0 Å². The van der Waals surface area contributed by atoms with Gasteiger partial charge in [0.2, 0.25) is 11.8 Å². The van der Waals surface area contributed by atoms with Crippen molar-refractivity contribution >= 4 is 29.5 Å². The minimum Gasteiger partial charge on any atom is -0.489 e. The second-order valence-electron chi connectivity index (χ2n) is 12.2. The lowest BCUT2D eigenvalue weighted by Gasteiger charge is -2.46. The van der Waals surface area contributed by atoms with Crippen molar-refractivity contribution in [3.05, 3.63) is 23.3 Å². The molecule has 5 aliphatic heterocycles. The average Bonchev–Trinajstić information content (AvgIpc) is 3.21. The Kier molecular flexibility index (Phi) is 6.86. The van der Waals surface area contributed by atoms with Crippen LogP contribution in [0.4, 0.5) is 10.5 Å². The summed E-state index contributed by atoms with van der Waals surface area (Å²) in [7, 11) is 0. The first-order valence-electron chi connectivity index (χ1n) is 14.1. The van der Waals surface area contributed by atoms with Crippen LogP contribution in [-0.4, -0.2) is 115 Å². The molecule has 1 N–H and O–H groups in total. The van der Waals surface area contributed by atoms with E-state index in [1.54, 1.807) is 9.80 Å². The molecule has 0 radical (unpaired) electrons. The third-order valence-corrected chi connectivity index (χ3v) is 8.16. The molecule has 40 heavy (non-hydrogen) atoms. The number of ether oxygens (including phenoxy) is 3. The van der Waals surface area contributed by atoms with Gasteiger partial charge in [0, 0.05) is 51.3 Å². The van der Waals surface area contributed by atoms with Gasteiger partial charge in [0.25, 0.3) is 5.91 Å². The Morgan fingerprint density at radius 2 is 1.93 bits per heavy atom. The van der Waals surface area contributed by atoms with Crippen LogP contribution in [0.3, 0.4) is 0 Å². The molecule has 4 amide bonds. The van der Waals surface area contributed by atoms with E-state index in [0.29, 0.717) is 50.6 Å². The van der Waals surface area contributed by atoms with Crippen molar-refractivity contribution < 1.29 is 33.4 Å². The number of imide groups is 1. The van der Waals surface area contributed by atoms with Gasteiger partial charge >= 0.3 is 6.09 Å². The van der Waals surface area contributed by atoms with Crippen LogP contribution in [0.15, 0.2) is 12.1 Å². The summed E-state index contributed by atoms with van der Waals surface area (Å²) in [4.78, 5) is 57.7. The molecular weight excluding hydrogens is 518 g/mol. The summed E-state index contributed by atoms with van der Waals surface area (Å²) in [6.45, 7) is 11.1. The predicted molar refractivity (Wildman–Crippen MR) is 143 cm³/mol. The van der Waals surface area contributed by atoms with Crippen molar-refractivity contribution in [3.8, 4) is 5.75 Å². The SMILES string of the molecule is CC(C)(C)OC(=O)N1CCO[C@H](CN2CCN3c4cc5c(cc4OC[C@@H]3C2)C(=O)N(C2CCC(=O)NC2=O)C5)C1. The number of hydrogen-bond donors (Lipinski definition) is 1. The molecule has 0 bridgehead atoms. The van der Waals surface area contributed by atoms with E-state index in [-0.39, 0.29) is 36.5 Å². The summed E-state index contributed by atoms with van der Waals surface area (Å²) in [6.07, 6.45) is 0.181. The normalized spacial score (nSPS) is 27.0. The van der Waals surface area contributed by atoms with Gasteiger partial charge in [0.1, 0.15) is 24.0 Å². The summed E-state index contributed by atoms with van der Waals surface area (Å²) >= 11 is 0. The monoisotopic (exact) mass is 555 g/mol. The van der Waals surface area contributed by atoms with Gasteiger partial charge in [-0.25, -0.2) is 4.79 Å². The minimum atomic E-state index is -0.639. The van der Waals surface area contributed by atoms with Gasteiger partial charge in [-0.15, -0.1) is 0 Å². The summed E-state index contributed by atoms with van der Waals surface area (Å²) < 4.78 is 17.7. The zero-order valence-electron chi connectivity index (χ0n) is 23.3. The first-order valence-corrected chi connectivity index (χ1v) is 14.1. The Balaban J connectivity index is 1.09. The van der Waals surface area contributed by atoms with Crippen molar-refractivity contribution in [2.75, 3.05) is 57.4 Å². The fourth-order valence-corrected chi connectivity index (χ4v) is 6.26. The largest absolute Gasteiger partial charge is 0.489 e. The number of morpholine rings is 1. The first kappa shape index (κ1) is 26.8. The molecule has 0 spiro atoms. The lowest BCUT2D eigenvalue weighted by atomic mass is 10.0. The van der Waals surface area contributed by atoms with Gasteiger partial charge in [-0.3, -0.25) is 24.6 Å². The topological polar surface area (TPSA) is 121 Å². The number of nitrogens with zero attached hydrogens (tertiary/aromatic N) is 4. The summed E-state index contributed by atoms with van der Waals surface area (Å²) in [6, 6.07) is 3.34. The molecule has 1 unspecified atom stereocenters. The molecule has 0 saturated carbocycles. The molecule has 5 heterocycles. The lowest BCUT2D eigenvalue weighted by molar-refractivity contribution is -0.136. The summed E-state index contributed by atoms with van der Waals surface area (Å²) in [5.74, 6) is -0.220. The molecule has 3 atom stereocenters. The van der Waals surface area contributed by atoms with Gasteiger partial charge in [-0.05, 0) is 44.9 Å². The second kappa shape index (κ2) is 10.2. The average molecular weight is 556 g/mol. The van der Waals surface area contributed by atoms with Crippen molar-refractivity contribution in [1.29, 1.82) is 0 Å². The number of fused-ring (bicyclic) bond motifs is 4. The predicted octanol–water partition coefficient (Wildman–Crippen LogP) is 0.967. The fourth-order valence-electron chi connectivity index (χ4n) is 6.26. The highest BCUT2D eigenvalue weighted by molar-refractivity contribution is 6.05. The van der Waals surface area contributed by atoms with Crippen molar-refractivity contribution in [2.45, 2.75) is 63.9 Å². The lowest BCUT2D eigenvalue weighted by Crippen LogP contribution is -2.59. The van der Waals surface area contributed by atoms with Crippen LogP contribution in [0.2, 0.25) is 0 Å². The molecule has 3 fully saturated rings. The highest BCUT2D eigenvalue weighted by Gasteiger charge is 2.42. The Bertz CT molecular complexity index is 1230. The Morgan fingerprint density at radius 1 is 1.10 bits per heavy atom. The molecular formula is C28H37N5O7. The molecule has 1 aromatic rings. The third kappa shape index (κ3) is 5.22. The van der Waals surface area contributed by atoms with E-state index < -0.39 is 17.6 Å². The Hall–Kier alpha value is -3.38. The van der Waals surface area contributed by atoms with Crippen LogP contribution in [-0.2, 0) is 25.6 Å². The number of carbonyl (C=O) groups is 4. The van der Waals surface area contributed by atoms with Crippen LogP contribution in [0.25, 0.3) is 0 Å². The van der Waals surface area contributed by atoms with Gasteiger partial charge in [0.15, 0.2) is 0 Å². The van der Waals surface area contributed by atoms with Gasteiger partial charge < -0.3 is 28.9 Å². The maximum atomic E-state index is 13.2. The number of piperazine rings is 1. The maximum Gasteiger partial charge on any atom is 0.410 e. The number of anilines is 1. The fraction of sp³-hybridized carbons (Fsp3) is 0.643. The number of benzene rings is 1. The number of carbonyl (C=O) groups excluding carboxylic acids is 4. The third-order valence-electron chi connectivity index (χ3n) is 8.16. The van der Waals surface area contributed by atoms with E-state index >= 15 is 0 Å². The van der Waals surface area contributed by atoms with Crippen molar-refractivity contribution in [1.82, 2.24) is 20.0 Å². The van der Waals surface area contributed by atoms with E-state index in [2.05, 4.69) is 15.1 Å². The zero-order valence-corrected chi connectivity index (χ0v) is 23.3. The van der Waals surface area contributed by atoms with Crippen LogP contribution in [0.1, 0.15) is 49.5 Å². The highest BCUT2D eigenvalue weighted by atomic mass is 16.6.